The molecule has 1 saturated heterocycles. The number of hydrogen-bond acceptors (Lipinski definition) is 3. The Kier molecular flexibility index (Phi) is 6.69. The Morgan fingerprint density at radius 1 is 0.964 bits per heavy atom. The van der Waals surface area contributed by atoms with Crippen LogP contribution in [0.5, 0.6) is 0 Å². The van der Waals surface area contributed by atoms with Gasteiger partial charge in [-0.05, 0) is 47.4 Å². The molecule has 3 heteroatoms. The lowest BCUT2D eigenvalue weighted by Gasteiger charge is -2.38. The van der Waals surface area contributed by atoms with Crippen LogP contribution in [0.2, 0.25) is 0 Å². The maximum Gasteiger partial charge on any atom is 0.157 e. The molecule has 3 nitrogen and oxygen atoms in total. The van der Waals surface area contributed by atoms with E-state index in [-0.39, 0.29) is 5.78 Å². The highest BCUT2D eigenvalue weighted by molar-refractivity contribution is 5.90. The summed E-state index contributed by atoms with van der Waals surface area (Å²) in [6.07, 6.45) is 2.94. The maximum atomic E-state index is 12.9. The molecular weight excluding hydrogens is 344 g/mol. The molecule has 0 spiro atoms. The highest BCUT2D eigenvalue weighted by Gasteiger charge is 2.37. The molecule has 1 aliphatic rings. The number of nitrogens with two attached hydrogens (primary N) is 1. The van der Waals surface area contributed by atoms with E-state index in [2.05, 4.69) is 74.2 Å². The van der Waals surface area contributed by atoms with Crippen molar-refractivity contribution >= 4 is 5.78 Å². The topological polar surface area (TPSA) is 46.3 Å². The van der Waals surface area contributed by atoms with Crippen molar-refractivity contribution in [3.05, 3.63) is 70.8 Å². The minimum atomic E-state index is -0.679. The second-order valence-corrected chi connectivity index (χ2v) is 8.60. The SMILES string of the molecule is CCc1ccc(CC(=O)C2(N)CCN(Cc3ccc(C(C)C)cc3)CC2)cc1. The number of likely N-dealkylation sites (tertiary alicyclic amines) is 1. The fourth-order valence-corrected chi connectivity index (χ4v) is 3.91. The van der Waals surface area contributed by atoms with E-state index in [0.717, 1.165) is 44.5 Å². The Morgan fingerprint density at radius 2 is 1.50 bits per heavy atom. The van der Waals surface area contributed by atoms with E-state index in [1.54, 1.807) is 0 Å². The fraction of sp³-hybridized carbons (Fsp3) is 0.480. The molecule has 1 aliphatic heterocycles. The first-order valence-electron chi connectivity index (χ1n) is 10.6. The van der Waals surface area contributed by atoms with Crippen molar-refractivity contribution in [2.24, 2.45) is 5.73 Å². The third kappa shape index (κ3) is 5.09. The third-order valence-electron chi connectivity index (χ3n) is 6.15. The molecule has 1 heterocycles. The van der Waals surface area contributed by atoms with Gasteiger partial charge in [0.2, 0.25) is 0 Å². The Balaban J connectivity index is 1.53. The summed E-state index contributed by atoms with van der Waals surface area (Å²) >= 11 is 0. The van der Waals surface area contributed by atoms with Gasteiger partial charge in [0.15, 0.2) is 5.78 Å². The number of aryl methyl sites for hydroxylation is 1. The summed E-state index contributed by atoms with van der Waals surface area (Å²) in [5.41, 5.74) is 10.9. The molecule has 0 aliphatic carbocycles. The Labute approximate surface area is 169 Å². The third-order valence-corrected chi connectivity index (χ3v) is 6.15. The van der Waals surface area contributed by atoms with Crippen LogP contribution in [-0.2, 0) is 24.2 Å². The van der Waals surface area contributed by atoms with E-state index in [9.17, 15) is 4.79 Å². The van der Waals surface area contributed by atoms with Crippen molar-refractivity contribution < 1.29 is 4.79 Å². The van der Waals surface area contributed by atoms with Crippen LogP contribution < -0.4 is 5.73 Å². The Hall–Kier alpha value is -1.97. The number of piperidine rings is 1. The van der Waals surface area contributed by atoms with E-state index in [1.807, 2.05) is 0 Å². The van der Waals surface area contributed by atoms with Gasteiger partial charge in [-0.1, -0.05) is 69.3 Å². The van der Waals surface area contributed by atoms with Crippen molar-refractivity contribution in [2.45, 2.75) is 64.5 Å². The predicted molar refractivity (Wildman–Crippen MR) is 116 cm³/mol. The van der Waals surface area contributed by atoms with Crippen molar-refractivity contribution in [3.8, 4) is 0 Å². The summed E-state index contributed by atoms with van der Waals surface area (Å²) in [4.78, 5) is 15.3. The van der Waals surface area contributed by atoms with Gasteiger partial charge in [-0.15, -0.1) is 0 Å². The van der Waals surface area contributed by atoms with E-state index >= 15 is 0 Å². The molecule has 28 heavy (non-hydrogen) atoms. The molecule has 0 radical (unpaired) electrons. The second kappa shape index (κ2) is 9.02. The summed E-state index contributed by atoms with van der Waals surface area (Å²) < 4.78 is 0. The molecule has 0 atom stereocenters. The van der Waals surface area contributed by atoms with Gasteiger partial charge in [-0.3, -0.25) is 9.69 Å². The minimum absolute atomic E-state index is 0.178. The summed E-state index contributed by atoms with van der Waals surface area (Å²) in [6, 6.07) is 17.3. The second-order valence-electron chi connectivity index (χ2n) is 8.60. The van der Waals surface area contributed by atoms with Gasteiger partial charge >= 0.3 is 0 Å². The first-order valence-corrected chi connectivity index (χ1v) is 10.6. The molecule has 0 saturated carbocycles. The average Bonchev–Trinajstić information content (AvgIpc) is 2.71. The minimum Gasteiger partial charge on any atom is -0.319 e. The number of carbonyl (C=O) groups excluding carboxylic acids is 1. The van der Waals surface area contributed by atoms with Gasteiger partial charge in [0.25, 0.3) is 0 Å². The highest BCUT2D eigenvalue weighted by atomic mass is 16.1. The zero-order valence-corrected chi connectivity index (χ0v) is 17.6. The predicted octanol–water partition coefficient (Wildman–Crippen LogP) is 4.48. The molecule has 0 bridgehead atoms. The Morgan fingerprint density at radius 3 is 2.04 bits per heavy atom. The van der Waals surface area contributed by atoms with Gasteiger partial charge in [-0.25, -0.2) is 0 Å². The zero-order valence-electron chi connectivity index (χ0n) is 17.6. The summed E-state index contributed by atoms with van der Waals surface area (Å²) in [6.45, 7) is 9.26. The van der Waals surface area contributed by atoms with Crippen LogP contribution in [0, 0.1) is 0 Å². The summed E-state index contributed by atoms with van der Waals surface area (Å²) in [7, 11) is 0. The Bertz CT molecular complexity index is 769. The zero-order chi connectivity index (χ0) is 20.1. The van der Waals surface area contributed by atoms with Crippen LogP contribution >= 0.6 is 0 Å². The molecule has 2 aromatic carbocycles. The van der Waals surface area contributed by atoms with Crippen LogP contribution in [0.4, 0.5) is 0 Å². The van der Waals surface area contributed by atoms with Gasteiger partial charge in [0, 0.05) is 26.1 Å². The lowest BCUT2D eigenvalue weighted by Crippen LogP contribution is -2.56. The number of benzene rings is 2. The van der Waals surface area contributed by atoms with Crippen molar-refractivity contribution in [1.82, 2.24) is 4.90 Å². The van der Waals surface area contributed by atoms with E-state index in [1.165, 1.54) is 16.7 Å². The monoisotopic (exact) mass is 378 g/mol. The number of nitrogens with zero attached hydrogens (tertiary/aromatic N) is 1. The maximum absolute atomic E-state index is 12.9. The van der Waals surface area contributed by atoms with Gasteiger partial charge in [-0.2, -0.15) is 0 Å². The number of ketones is 1. The lowest BCUT2D eigenvalue weighted by atomic mass is 9.82. The van der Waals surface area contributed by atoms with Crippen LogP contribution in [0.1, 0.15) is 61.8 Å². The first kappa shape index (κ1) is 20.8. The molecule has 1 fully saturated rings. The first-order chi connectivity index (χ1) is 13.4. The van der Waals surface area contributed by atoms with Gasteiger partial charge in [0.1, 0.15) is 0 Å². The molecule has 2 N–H and O–H groups in total. The smallest absolute Gasteiger partial charge is 0.157 e. The number of rotatable bonds is 7. The van der Waals surface area contributed by atoms with Crippen molar-refractivity contribution in [3.63, 3.8) is 0 Å². The summed E-state index contributed by atoms with van der Waals surface area (Å²) in [5, 5.41) is 0. The largest absolute Gasteiger partial charge is 0.319 e. The van der Waals surface area contributed by atoms with Gasteiger partial charge in [0.05, 0.1) is 5.54 Å². The molecule has 0 unspecified atom stereocenters. The number of hydrogen-bond donors (Lipinski definition) is 1. The van der Waals surface area contributed by atoms with Crippen LogP contribution in [0.15, 0.2) is 48.5 Å². The lowest BCUT2D eigenvalue weighted by molar-refractivity contribution is -0.125. The van der Waals surface area contributed by atoms with Crippen LogP contribution in [0.3, 0.4) is 0 Å². The molecular formula is C25H34N2O. The number of Topliss-reactive ketones (excluding diaryl/α,β-unsaturated/α-hetero) is 1. The molecule has 3 rings (SSSR count). The van der Waals surface area contributed by atoms with Crippen molar-refractivity contribution in [2.75, 3.05) is 13.1 Å². The normalized spacial score (nSPS) is 17.0. The molecule has 150 valence electrons. The molecule has 0 amide bonds. The highest BCUT2D eigenvalue weighted by Crippen LogP contribution is 2.24. The van der Waals surface area contributed by atoms with Gasteiger partial charge < -0.3 is 5.73 Å². The summed E-state index contributed by atoms with van der Waals surface area (Å²) in [5.74, 6) is 0.740. The number of carbonyl (C=O) groups is 1. The van der Waals surface area contributed by atoms with E-state index < -0.39 is 5.54 Å². The van der Waals surface area contributed by atoms with Crippen molar-refractivity contribution in [1.29, 1.82) is 0 Å². The molecule has 0 aromatic heterocycles. The van der Waals surface area contributed by atoms with E-state index in [4.69, 9.17) is 5.73 Å². The van der Waals surface area contributed by atoms with Crippen LogP contribution in [-0.4, -0.2) is 29.3 Å². The molecule has 2 aromatic rings. The fourth-order valence-electron chi connectivity index (χ4n) is 3.91. The van der Waals surface area contributed by atoms with E-state index in [0.29, 0.717) is 12.3 Å². The average molecular weight is 379 g/mol. The van der Waals surface area contributed by atoms with Crippen LogP contribution in [0.25, 0.3) is 0 Å². The standard InChI is InChI=1S/C25H34N2O/c1-4-20-5-7-21(8-6-20)17-24(28)25(26)13-15-27(16-14-25)18-22-9-11-23(12-10-22)19(2)3/h5-12,19H,4,13-18,26H2,1-3H3. The quantitative estimate of drug-likeness (QED) is 0.773.